The average Bonchev–Trinajstić information content (AvgIpc) is 3.90. The van der Waals surface area contributed by atoms with E-state index in [1.807, 2.05) is 24.3 Å². The molecule has 0 fully saturated rings. The van der Waals surface area contributed by atoms with Gasteiger partial charge in [-0.15, -0.1) is 0 Å². The number of allylic oxidation sites excluding steroid dienone is 4. The molecule has 57 heavy (non-hydrogen) atoms. The number of hydrogen-bond donors (Lipinski definition) is 0. The van der Waals surface area contributed by atoms with Crippen LogP contribution in [0, 0.1) is 0 Å². The number of nitrogens with zero attached hydrogens (tertiary/aromatic N) is 1. The highest BCUT2D eigenvalue weighted by Crippen LogP contribution is 2.63. The van der Waals surface area contributed by atoms with Crippen molar-refractivity contribution in [3.8, 4) is 33.4 Å². The monoisotopic (exact) mass is 727 g/mol. The lowest BCUT2D eigenvalue weighted by Crippen LogP contribution is -2.25. The molecule has 0 amide bonds. The highest BCUT2D eigenvalue weighted by atomic mass is 16.3. The van der Waals surface area contributed by atoms with E-state index in [0.717, 1.165) is 55.7 Å². The van der Waals surface area contributed by atoms with Crippen molar-refractivity contribution in [3.63, 3.8) is 0 Å². The largest absolute Gasteiger partial charge is 0.454 e. The van der Waals surface area contributed by atoms with E-state index >= 15 is 0 Å². The number of benzene rings is 8. The van der Waals surface area contributed by atoms with E-state index in [-0.39, 0.29) is 5.41 Å². The summed E-state index contributed by atoms with van der Waals surface area (Å²) < 4.78 is 6.63. The summed E-state index contributed by atoms with van der Waals surface area (Å²) in [5.41, 5.74) is 19.3. The topological polar surface area (TPSA) is 16.4 Å². The Hall–Kier alpha value is -7.42. The number of fused-ring (bicyclic) bond motifs is 13. The van der Waals surface area contributed by atoms with Crippen molar-refractivity contribution in [2.45, 2.75) is 5.41 Å². The molecule has 11 rings (SSSR count). The predicted octanol–water partition coefficient (Wildman–Crippen LogP) is 14.8. The summed E-state index contributed by atoms with van der Waals surface area (Å²) in [5, 5.41) is 2.19. The van der Waals surface area contributed by atoms with Crippen molar-refractivity contribution in [1.29, 1.82) is 0 Å². The second-order valence-corrected chi connectivity index (χ2v) is 15.0. The lowest BCUT2D eigenvalue weighted by atomic mass is 9.70. The summed E-state index contributed by atoms with van der Waals surface area (Å²) in [6.07, 6.45) is 5.67. The Kier molecular flexibility index (Phi) is 7.42. The van der Waals surface area contributed by atoms with Crippen LogP contribution in [0.3, 0.4) is 0 Å². The Labute approximate surface area is 332 Å². The normalized spacial score (nSPS) is 13.1. The van der Waals surface area contributed by atoms with Crippen molar-refractivity contribution in [2.75, 3.05) is 4.90 Å². The molecule has 268 valence electrons. The molecule has 0 atom stereocenters. The third kappa shape index (κ3) is 4.84. The zero-order valence-corrected chi connectivity index (χ0v) is 31.3. The standard InChI is InChI=1S/C55H37NO/c1-3-4-15-36(2)37-28-31-40(32-29-37)56(52-26-14-22-46-45-21-8-12-27-53(45)57-54(46)52)41-17-13-16-38(34-41)39-30-33-51-47(35-39)44-20-7-11-25-50(44)55(51)48-23-9-5-18-42(48)43-19-6-10-24-49(43)55/h3-35H,1-2H2/b15-4-. The third-order valence-electron chi connectivity index (χ3n) is 12.0. The van der Waals surface area contributed by atoms with Crippen LogP contribution in [0.4, 0.5) is 17.1 Å². The number of furan rings is 1. The molecule has 1 aromatic heterocycles. The van der Waals surface area contributed by atoms with Gasteiger partial charge in [-0.05, 0) is 109 Å². The van der Waals surface area contributed by atoms with Gasteiger partial charge in [0, 0.05) is 22.1 Å². The molecular weight excluding hydrogens is 691 g/mol. The maximum atomic E-state index is 6.63. The molecular formula is C55H37NO. The Morgan fingerprint density at radius 1 is 0.509 bits per heavy atom. The van der Waals surface area contributed by atoms with Crippen LogP contribution in [0.15, 0.2) is 218 Å². The van der Waals surface area contributed by atoms with Crippen LogP contribution in [-0.2, 0) is 5.41 Å². The van der Waals surface area contributed by atoms with Crippen LogP contribution in [0.2, 0.25) is 0 Å². The van der Waals surface area contributed by atoms with Crippen LogP contribution in [0.1, 0.15) is 27.8 Å². The van der Waals surface area contributed by atoms with E-state index < -0.39 is 0 Å². The molecule has 0 radical (unpaired) electrons. The number of anilines is 3. The molecule has 2 heteroatoms. The van der Waals surface area contributed by atoms with Crippen molar-refractivity contribution in [3.05, 3.63) is 241 Å². The molecule has 8 aromatic carbocycles. The summed E-state index contributed by atoms with van der Waals surface area (Å²) in [7, 11) is 0. The van der Waals surface area contributed by atoms with E-state index in [4.69, 9.17) is 4.42 Å². The fourth-order valence-corrected chi connectivity index (χ4v) is 9.54. The predicted molar refractivity (Wildman–Crippen MR) is 239 cm³/mol. The summed E-state index contributed by atoms with van der Waals surface area (Å²) in [6, 6.07) is 66.2. The molecule has 0 bridgehead atoms. The molecule has 0 aliphatic heterocycles. The molecule has 2 aliphatic carbocycles. The van der Waals surface area contributed by atoms with Gasteiger partial charge in [0.1, 0.15) is 5.58 Å². The molecule has 0 saturated carbocycles. The van der Waals surface area contributed by atoms with E-state index in [1.54, 1.807) is 6.08 Å². The summed E-state index contributed by atoms with van der Waals surface area (Å²) in [6.45, 7) is 8.10. The molecule has 2 nitrogen and oxygen atoms in total. The Morgan fingerprint density at radius 3 is 1.82 bits per heavy atom. The van der Waals surface area contributed by atoms with Gasteiger partial charge in [-0.25, -0.2) is 0 Å². The highest BCUT2D eigenvalue weighted by molar-refractivity contribution is 6.10. The van der Waals surface area contributed by atoms with E-state index in [9.17, 15) is 0 Å². The van der Waals surface area contributed by atoms with Gasteiger partial charge in [0.25, 0.3) is 0 Å². The molecule has 2 aliphatic rings. The fourth-order valence-electron chi connectivity index (χ4n) is 9.54. The highest BCUT2D eigenvalue weighted by Gasteiger charge is 2.51. The number of para-hydroxylation sites is 2. The molecule has 9 aromatic rings. The maximum Gasteiger partial charge on any atom is 0.159 e. The van der Waals surface area contributed by atoms with Gasteiger partial charge < -0.3 is 9.32 Å². The number of rotatable bonds is 7. The molecule has 1 spiro atoms. The second-order valence-electron chi connectivity index (χ2n) is 15.0. The van der Waals surface area contributed by atoms with Crippen molar-refractivity contribution in [2.24, 2.45) is 0 Å². The molecule has 0 N–H and O–H groups in total. The summed E-state index contributed by atoms with van der Waals surface area (Å²) in [5.74, 6) is 0. The first-order valence-corrected chi connectivity index (χ1v) is 19.5. The molecule has 0 unspecified atom stereocenters. The lowest BCUT2D eigenvalue weighted by molar-refractivity contribution is 0.669. The van der Waals surface area contributed by atoms with E-state index in [2.05, 4.69) is 188 Å². The molecule has 1 heterocycles. The van der Waals surface area contributed by atoms with E-state index in [0.29, 0.717) is 0 Å². The van der Waals surface area contributed by atoms with Gasteiger partial charge in [-0.3, -0.25) is 0 Å². The van der Waals surface area contributed by atoms with Crippen LogP contribution >= 0.6 is 0 Å². The van der Waals surface area contributed by atoms with Gasteiger partial charge in [0.05, 0.1) is 11.1 Å². The minimum absolute atomic E-state index is 0.361. The lowest BCUT2D eigenvalue weighted by Gasteiger charge is -2.30. The zero-order valence-electron chi connectivity index (χ0n) is 31.3. The van der Waals surface area contributed by atoms with Gasteiger partial charge in [0.2, 0.25) is 0 Å². The van der Waals surface area contributed by atoms with Crippen LogP contribution in [0.25, 0.3) is 60.9 Å². The summed E-state index contributed by atoms with van der Waals surface area (Å²) in [4.78, 5) is 2.31. The maximum absolute atomic E-state index is 6.63. The Morgan fingerprint density at radius 2 is 1.11 bits per heavy atom. The van der Waals surface area contributed by atoms with Gasteiger partial charge in [0.15, 0.2) is 5.58 Å². The number of hydrogen-bond acceptors (Lipinski definition) is 2. The SMILES string of the molecule is C=C/C=C\C(=C)c1ccc(N(c2cccc(-c3ccc4c(c3)-c3ccccc3C43c4ccccc4-c4ccccc43)c2)c2cccc3c2oc2ccccc23)cc1. The first-order valence-electron chi connectivity index (χ1n) is 19.5. The van der Waals surface area contributed by atoms with Gasteiger partial charge in [-0.2, -0.15) is 0 Å². The Balaban J connectivity index is 1.08. The third-order valence-corrected chi connectivity index (χ3v) is 12.0. The fraction of sp³-hybridized carbons (Fsp3) is 0.0182. The van der Waals surface area contributed by atoms with Crippen molar-refractivity contribution >= 4 is 44.6 Å². The Bertz CT molecular complexity index is 3080. The minimum Gasteiger partial charge on any atom is -0.454 e. The van der Waals surface area contributed by atoms with Crippen LogP contribution in [-0.4, -0.2) is 0 Å². The second kappa shape index (κ2) is 12.8. The minimum atomic E-state index is -0.361. The smallest absolute Gasteiger partial charge is 0.159 e. The average molecular weight is 728 g/mol. The van der Waals surface area contributed by atoms with Crippen LogP contribution in [0.5, 0.6) is 0 Å². The quantitative estimate of drug-likeness (QED) is 0.152. The van der Waals surface area contributed by atoms with Gasteiger partial charge in [-0.1, -0.05) is 171 Å². The van der Waals surface area contributed by atoms with Crippen molar-refractivity contribution in [1.82, 2.24) is 0 Å². The first kappa shape index (κ1) is 33.0. The van der Waals surface area contributed by atoms with E-state index in [1.165, 1.54) is 50.1 Å². The zero-order chi connectivity index (χ0) is 38.1. The van der Waals surface area contributed by atoms with Crippen LogP contribution < -0.4 is 4.90 Å². The van der Waals surface area contributed by atoms with Gasteiger partial charge >= 0.3 is 0 Å². The summed E-state index contributed by atoms with van der Waals surface area (Å²) >= 11 is 0. The first-order chi connectivity index (χ1) is 28.1. The van der Waals surface area contributed by atoms with Crippen molar-refractivity contribution < 1.29 is 4.42 Å². The molecule has 0 saturated heterocycles.